The molecule has 2 aromatic heterocycles. The number of carbonyl (C=O) groups excluding carboxylic acids is 1. The molecule has 0 saturated carbocycles. The van der Waals surface area contributed by atoms with Crippen LogP contribution in [-0.2, 0) is 0 Å². The number of anilines is 1. The first kappa shape index (κ1) is 13.0. The summed E-state index contributed by atoms with van der Waals surface area (Å²) in [4.78, 5) is 19.4. The third-order valence-corrected chi connectivity index (χ3v) is 3.43. The first-order chi connectivity index (χ1) is 9.65. The van der Waals surface area contributed by atoms with Crippen LogP contribution in [0.5, 0.6) is 0 Å². The maximum atomic E-state index is 12.3. The van der Waals surface area contributed by atoms with E-state index in [2.05, 4.69) is 15.3 Å². The van der Waals surface area contributed by atoms with Gasteiger partial charge in [-0.15, -0.1) is 0 Å². The highest BCUT2D eigenvalue weighted by molar-refractivity contribution is 6.37. The Morgan fingerprint density at radius 2 is 2.05 bits per heavy atom. The van der Waals surface area contributed by atoms with Crippen LogP contribution in [0.1, 0.15) is 10.4 Å². The van der Waals surface area contributed by atoms with Crippen molar-refractivity contribution in [3.05, 3.63) is 58.3 Å². The van der Waals surface area contributed by atoms with Gasteiger partial charge in [0, 0.05) is 22.8 Å². The number of benzene rings is 1. The Kier molecular flexibility index (Phi) is 3.34. The Balaban J connectivity index is 1.95. The Morgan fingerprint density at radius 3 is 2.85 bits per heavy atom. The molecule has 0 fully saturated rings. The molecule has 20 heavy (non-hydrogen) atoms. The Hall–Kier alpha value is -2.04. The largest absolute Gasteiger partial charge is 0.346 e. The van der Waals surface area contributed by atoms with Crippen molar-refractivity contribution < 1.29 is 4.79 Å². The number of fused-ring (bicyclic) bond motifs is 1. The molecule has 0 radical (unpaired) electrons. The Labute approximate surface area is 124 Å². The van der Waals surface area contributed by atoms with Gasteiger partial charge in [-0.05, 0) is 30.3 Å². The Morgan fingerprint density at radius 1 is 1.20 bits per heavy atom. The molecule has 2 N–H and O–H groups in total. The topological polar surface area (TPSA) is 57.8 Å². The average molecular weight is 306 g/mol. The van der Waals surface area contributed by atoms with Crippen molar-refractivity contribution in [2.24, 2.45) is 0 Å². The molecule has 100 valence electrons. The number of hydrogen-bond donors (Lipinski definition) is 2. The minimum absolute atomic E-state index is 0.249. The molecule has 0 aliphatic heterocycles. The third-order valence-electron chi connectivity index (χ3n) is 2.88. The molecule has 0 saturated heterocycles. The molecule has 3 aromatic rings. The summed E-state index contributed by atoms with van der Waals surface area (Å²) in [7, 11) is 0. The van der Waals surface area contributed by atoms with Crippen molar-refractivity contribution in [3.8, 4) is 0 Å². The van der Waals surface area contributed by atoms with Crippen LogP contribution in [0.25, 0.3) is 11.0 Å². The summed E-state index contributed by atoms with van der Waals surface area (Å²) in [5.41, 5.74) is 1.71. The van der Waals surface area contributed by atoms with Crippen LogP contribution in [-0.4, -0.2) is 15.9 Å². The number of amides is 1. The number of rotatable bonds is 2. The minimum Gasteiger partial charge on any atom is -0.346 e. The molecule has 1 amide bonds. The summed E-state index contributed by atoms with van der Waals surface area (Å²) in [6.45, 7) is 0. The zero-order valence-electron chi connectivity index (χ0n) is 10.2. The SMILES string of the molecule is O=C(Nc1ccc(Cl)cc1Cl)c1ccnc2[nH]ccc12. The molecular formula is C14H9Cl2N3O. The van der Waals surface area contributed by atoms with Gasteiger partial charge in [0.1, 0.15) is 5.65 Å². The van der Waals surface area contributed by atoms with E-state index in [1.165, 1.54) is 0 Å². The van der Waals surface area contributed by atoms with Gasteiger partial charge in [-0.25, -0.2) is 4.98 Å². The van der Waals surface area contributed by atoms with Crippen molar-refractivity contribution in [2.75, 3.05) is 5.32 Å². The fourth-order valence-corrected chi connectivity index (χ4v) is 2.40. The minimum atomic E-state index is -0.249. The van der Waals surface area contributed by atoms with Gasteiger partial charge in [0.15, 0.2) is 0 Å². The van der Waals surface area contributed by atoms with Gasteiger partial charge in [0.05, 0.1) is 16.3 Å². The van der Waals surface area contributed by atoms with E-state index in [9.17, 15) is 4.79 Å². The van der Waals surface area contributed by atoms with E-state index >= 15 is 0 Å². The number of nitrogens with zero attached hydrogens (tertiary/aromatic N) is 1. The van der Waals surface area contributed by atoms with E-state index in [0.717, 1.165) is 5.39 Å². The first-order valence-corrected chi connectivity index (χ1v) is 6.59. The lowest BCUT2D eigenvalue weighted by Gasteiger charge is -2.08. The molecule has 0 spiro atoms. The smallest absolute Gasteiger partial charge is 0.256 e. The van der Waals surface area contributed by atoms with E-state index in [4.69, 9.17) is 23.2 Å². The van der Waals surface area contributed by atoms with E-state index < -0.39 is 0 Å². The van der Waals surface area contributed by atoms with Gasteiger partial charge in [0.25, 0.3) is 5.91 Å². The summed E-state index contributed by atoms with van der Waals surface area (Å²) >= 11 is 11.9. The predicted octanol–water partition coefficient (Wildman–Crippen LogP) is 4.12. The quantitative estimate of drug-likeness (QED) is 0.748. The standard InChI is InChI=1S/C14H9Cl2N3O/c15-8-1-2-12(11(16)7-8)19-14(20)10-4-6-18-13-9(10)3-5-17-13/h1-7H,(H,17,18)(H,19,20). The number of halogens is 2. The third kappa shape index (κ3) is 2.35. The van der Waals surface area contributed by atoms with Crippen molar-refractivity contribution in [1.82, 2.24) is 9.97 Å². The van der Waals surface area contributed by atoms with Gasteiger partial charge in [0.2, 0.25) is 0 Å². The van der Waals surface area contributed by atoms with Crippen molar-refractivity contribution >= 4 is 45.8 Å². The maximum absolute atomic E-state index is 12.3. The van der Waals surface area contributed by atoms with Gasteiger partial charge < -0.3 is 10.3 Å². The fourth-order valence-electron chi connectivity index (χ4n) is 1.94. The maximum Gasteiger partial charge on any atom is 0.256 e. The average Bonchev–Trinajstić information content (AvgIpc) is 2.90. The molecule has 0 atom stereocenters. The molecule has 6 heteroatoms. The molecule has 1 aromatic carbocycles. The molecule has 3 rings (SSSR count). The number of carbonyl (C=O) groups is 1. The number of nitrogens with one attached hydrogen (secondary N) is 2. The van der Waals surface area contributed by atoms with Crippen LogP contribution in [0, 0.1) is 0 Å². The summed E-state index contributed by atoms with van der Waals surface area (Å²) in [5, 5.41) is 4.44. The second-order valence-electron chi connectivity index (χ2n) is 4.18. The summed E-state index contributed by atoms with van der Waals surface area (Å²) < 4.78 is 0. The van der Waals surface area contributed by atoms with Gasteiger partial charge in [-0.2, -0.15) is 0 Å². The summed E-state index contributed by atoms with van der Waals surface area (Å²) in [6.07, 6.45) is 3.32. The first-order valence-electron chi connectivity index (χ1n) is 5.83. The fraction of sp³-hybridized carbons (Fsp3) is 0. The van der Waals surface area contributed by atoms with Crippen LogP contribution in [0.15, 0.2) is 42.7 Å². The lowest BCUT2D eigenvalue weighted by Crippen LogP contribution is -2.12. The second-order valence-corrected chi connectivity index (χ2v) is 5.02. The van der Waals surface area contributed by atoms with Crippen LogP contribution < -0.4 is 5.32 Å². The molecule has 4 nitrogen and oxygen atoms in total. The van der Waals surface area contributed by atoms with E-state index in [1.807, 2.05) is 0 Å². The number of pyridine rings is 1. The number of aromatic nitrogens is 2. The van der Waals surface area contributed by atoms with Crippen molar-refractivity contribution in [2.45, 2.75) is 0 Å². The van der Waals surface area contributed by atoms with Crippen LogP contribution >= 0.6 is 23.2 Å². The normalized spacial score (nSPS) is 10.7. The highest BCUT2D eigenvalue weighted by atomic mass is 35.5. The lowest BCUT2D eigenvalue weighted by molar-refractivity contribution is 0.102. The molecule has 2 heterocycles. The predicted molar refractivity (Wildman–Crippen MR) is 80.5 cm³/mol. The van der Waals surface area contributed by atoms with Crippen molar-refractivity contribution in [1.29, 1.82) is 0 Å². The number of aromatic amines is 1. The zero-order valence-corrected chi connectivity index (χ0v) is 11.7. The van der Waals surface area contributed by atoms with Gasteiger partial charge in [-0.3, -0.25) is 4.79 Å². The van der Waals surface area contributed by atoms with E-state index in [0.29, 0.717) is 26.9 Å². The highest BCUT2D eigenvalue weighted by Gasteiger charge is 2.12. The second kappa shape index (κ2) is 5.15. The van der Waals surface area contributed by atoms with Crippen LogP contribution in [0.2, 0.25) is 10.0 Å². The summed E-state index contributed by atoms with van der Waals surface area (Å²) in [6, 6.07) is 8.38. The van der Waals surface area contributed by atoms with Crippen molar-refractivity contribution in [3.63, 3.8) is 0 Å². The lowest BCUT2D eigenvalue weighted by atomic mass is 10.1. The van der Waals surface area contributed by atoms with E-state index in [1.54, 1.807) is 42.7 Å². The Bertz CT molecular complexity index is 798. The van der Waals surface area contributed by atoms with Gasteiger partial charge in [-0.1, -0.05) is 23.2 Å². The number of hydrogen-bond acceptors (Lipinski definition) is 2. The van der Waals surface area contributed by atoms with Crippen LogP contribution in [0.4, 0.5) is 5.69 Å². The van der Waals surface area contributed by atoms with Crippen LogP contribution in [0.3, 0.4) is 0 Å². The molecule has 0 aliphatic carbocycles. The van der Waals surface area contributed by atoms with Gasteiger partial charge >= 0.3 is 0 Å². The monoisotopic (exact) mass is 305 g/mol. The molecule has 0 unspecified atom stereocenters. The number of H-pyrrole nitrogens is 1. The zero-order chi connectivity index (χ0) is 14.1. The molecular weight excluding hydrogens is 297 g/mol. The molecule has 0 bridgehead atoms. The van der Waals surface area contributed by atoms with E-state index in [-0.39, 0.29) is 5.91 Å². The molecule has 0 aliphatic rings. The summed E-state index contributed by atoms with van der Waals surface area (Å²) in [5.74, 6) is -0.249. The highest BCUT2D eigenvalue weighted by Crippen LogP contribution is 2.26.